The maximum Gasteiger partial charge on any atom is 0.0415 e. The van der Waals surface area contributed by atoms with Crippen LogP contribution >= 0.6 is 0 Å². The second-order valence-corrected chi connectivity index (χ2v) is 5.71. The number of hydrogen-bond donors (Lipinski definition) is 1. The summed E-state index contributed by atoms with van der Waals surface area (Å²) in [4.78, 5) is 2.62. The molecule has 2 heteroatoms. The van der Waals surface area contributed by atoms with Crippen LogP contribution in [0.3, 0.4) is 0 Å². The van der Waals surface area contributed by atoms with Gasteiger partial charge in [-0.3, -0.25) is 0 Å². The highest BCUT2D eigenvalue weighted by molar-refractivity contribution is 5.60. The molecule has 1 N–H and O–H groups in total. The van der Waals surface area contributed by atoms with Gasteiger partial charge in [0.2, 0.25) is 0 Å². The first-order chi connectivity index (χ1) is 8.63. The van der Waals surface area contributed by atoms with E-state index in [1.165, 1.54) is 24.1 Å². The van der Waals surface area contributed by atoms with Gasteiger partial charge in [-0.05, 0) is 31.4 Å². The highest BCUT2D eigenvalue weighted by Gasteiger charge is 2.30. The predicted molar refractivity (Wildman–Crippen MR) is 79.3 cm³/mol. The first-order valence-electron chi connectivity index (χ1n) is 7.23. The van der Waals surface area contributed by atoms with E-state index in [0.29, 0.717) is 18.1 Å². The molecule has 2 nitrogen and oxygen atoms in total. The van der Waals surface area contributed by atoms with Crippen molar-refractivity contribution in [3.63, 3.8) is 0 Å². The Kier molecular flexibility index (Phi) is 4.28. The number of rotatable bonds is 5. The molecule has 0 amide bonds. The van der Waals surface area contributed by atoms with Gasteiger partial charge in [0, 0.05) is 30.4 Å². The topological polar surface area (TPSA) is 15.3 Å². The first-order valence-corrected chi connectivity index (χ1v) is 7.23. The largest absolute Gasteiger partial charge is 0.364 e. The number of anilines is 1. The van der Waals surface area contributed by atoms with Crippen molar-refractivity contribution in [3.8, 4) is 0 Å². The molecule has 0 fully saturated rings. The minimum Gasteiger partial charge on any atom is -0.364 e. The van der Waals surface area contributed by atoms with E-state index < -0.39 is 0 Å². The van der Waals surface area contributed by atoms with E-state index in [1.54, 1.807) is 0 Å². The van der Waals surface area contributed by atoms with Crippen molar-refractivity contribution in [1.82, 2.24) is 5.32 Å². The third kappa shape index (κ3) is 2.69. The van der Waals surface area contributed by atoms with Crippen LogP contribution in [-0.4, -0.2) is 24.7 Å². The highest BCUT2D eigenvalue weighted by Crippen LogP contribution is 2.34. The van der Waals surface area contributed by atoms with Gasteiger partial charge in [-0.1, -0.05) is 39.0 Å². The van der Waals surface area contributed by atoms with E-state index >= 15 is 0 Å². The molecule has 0 radical (unpaired) electrons. The summed E-state index contributed by atoms with van der Waals surface area (Å²) in [6, 6.07) is 10.7. The molecule has 2 unspecified atom stereocenters. The number of para-hydroxylation sites is 1. The zero-order valence-corrected chi connectivity index (χ0v) is 12.1. The van der Waals surface area contributed by atoms with E-state index in [2.05, 4.69) is 62.2 Å². The molecular weight excluding hydrogens is 220 g/mol. The van der Waals surface area contributed by atoms with Crippen LogP contribution in [0.25, 0.3) is 0 Å². The monoisotopic (exact) mass is 246 g/mol. The standard InChI is InChI=1S/C16H26N2/c1-5-15(11-17-12(2)3)18-13(4)10-14-8-6-7-9-16(14)18/h6-9,12-13,15,17H,5,10-11H2,1-4H3. The normalized spacial score (nSPS) is 20.3. The van der Waals surface area contributed by atoms with Gasteiger partial charge in [-0.15, -0.1) is 0 Å². The molecular formula is C16H26N2. The van der Waals surface area contributed by atoms with E-state index in [0.717, 1.165) is 6.54 Å². The van der Waals surface area contributed by atoms with E-state index in [-0.39, 0.29) is 0 Å². The van der Waals surface area contributed by atoms with Crippen LogP contribution in [0.1, 0.15) is 39.7 Å². The lowest BCUT2D eigenvalue weighted by Gasteiger charge is -2.34. The van der Waals surface area contributed by atoms with Crippen LogP contribution in [0.2, 0.25) is 0 Å². The Morgan fingerprint density at radius 2 is 2.06 bits per heavy atom. The molecule has 0 saturated heterocycles. The maximum atomic E-state index is 3.58. The Morgan fingerprint density at radius 1 is 1.33 bits per heavy atom. The Morgan fingerprint density at radius 3 is 2.72 bits per heavy atom. The van der Waals surface area contributed by atoms with E-state index in [1.807, 2.05) is 0 Å². The predicted octanol–water partition coefficient (Wildman–Crippen LogP) is 3.21. The van der Waals surface area contributed by atoms with Gasteiger partial charge < -0.3 is 10.2 Å². The van der Waals surface area contributed by atoms with Crippen LogP contribution in [0, 0.1) is 0 Å². The number of nitrogens with zero attached hydrogens (tertiary/aromatic N) is 1. The molecule has 0 aromatic heterocycles. The Hall–Kier alpha value is -1.02. The molecule has 0 spiro atoms. The lowest BCUT2D eigenvalue weighted by atomic mass is 10.1. The summed E-state index contributed by atoms with van der Waals surface area (Å²) in [7, 11) is 0. The number of hydrogen-bond acceptors (Lipinski definition) is 2. The van der Waals surface area contributed by atoms with Crippen molar-refractivity contribution >= 4 is 5.69 Å². The first kappa shape index (κ1) is 13.4. The number of fused-ring (bicyclic) bond motifs is 1. The fourth-order valence-electron chi connectivity index (χ4n) is 2.96. The summed E-state index contributed by atoms with van der Waals surface area (Å²) in [5.74, 6) is 0. The van der Waals surface area contributed by atoms with Crippen LogP contribution in [0.4, 0.5) is 5.69 Å². The molecule has 1 aromatic carbocycles. The van der Waals surface area contributed by atoms with Crippen molar-refractivity contribution < 1.29 is 0 Å². The van der Waals surface area contributed by atoms with Crippen LogP contribution in [-0.2, 0) is 6.42 Å². The maximum absolute atomic E-state index is 3.58. The van der Waals surface area contributed by atoms with Crippen molar-refractivity contribution in [2.24, 2.45) is 0 Å². The third-order valence-electron chi connectivity index (χ3n) is 3.89. The summed E-state index contributed by atoms with van der Waals surface area (Å²) < 4.78 is 0. The minimum atomic E-state index is 0.562. The summed E-state index contributed by atoms with van der Waals surface area (Å²) in [5.41, 5.74) is 2.95. The Labute approximate surface area is 111 Å². The minimum absolute atomic E-state index is 0.562. The second kappa shape index (κ2) is 5.75. The molecule has 1 aliphatic heterocycles. The average Bonchev–Trinajstić information content (AvgIpc) is 2.67. The highest BCUT2D eigenvalue weighted by atomic mass is 15.2. The molecule has 100 valence electrons. The third-order valence-corrected chi connectivity index (χ3v) is 3.89. The average molecular weight is 246 g/mol. The zero-order chi connectivity index (χ0) is 13.1. The van der Waals surface area contributed by atoms with Crippen molar-refractivity contribution in [3.05, 3.63) is 29.8 Å². The van der Waals surface area contributed by atoms with Crippen molar-refractivity contribution in [1.29, 1.82) is 0 Å². The lowest BCUT2D eigenvalue weighted by Crippen LogP contribution is -2.46. The summed E-state index contributed by atoms with van der Waals surface area (Å²) >= 11 is 0. The molecule has 1 heterocycles. The van der Waals surface area contributed by atoms with Gasteiger partial charge in [-0.2, -0.15) is 0 Å². The van der Waals surface area contributed by atoms with Crippen LogP contribution < -0.4 is 10.2 Å². The molecule has 18 heavy (non-hydrogen) atoms. The summed E-state index contributed by atoms with van der Waals surface area (Å²) in [6.07, 6.45) is 2.38. The molecule has 0 bridgehead atoms. The van der Waals surface area contributed by atoms with Crippen LogP contribution in [0.15, 0.2) is 24.3 Å². The second-order valence-electron chi connectivity index (χ2n) is 5.71. The van der Waals surface area contributed by atoms with Crippen molar-refractivity contribution in [2.75, 3.05) is 11.4 Å². The smallest absolute Gasteiger partial charge is 0.0415 e. The summed E-state index contributed by atoms with van der Waals surface area (Å²) in [6.45, 7) is 10.1. The fraction of sp³-hybridized carbons (Fsp3) is 0.625. The van der Waals surface area contributed by atoms with E-state index in [9.17, 15) is 0 Å². The van der Waals surface area contributed by atoms with Gasteiger partial charge in [0.15, 0.2) is 0 Å². The SMILES string of the molecule is CCC(CNC(C)C)N1c2ccccc2CC1C. The fourth-order valence-corrected chi connectivity index (χ4v) is 2.96. The number of nitrogens with one attached hydrogen (secondary N) is 1. The molecule has 0 aliphatic carbocycles. The Bertz CT molecular complexity index is 386. The lowest BCUT2D eigenvalue weighted by molar-refractivity contribution is 0.467. The molecule has 1 aromatic rings. The van der Waals surface area contributed by atoms with Gasteiger partial charge in [0.05, 0.1) is 0 Å². The zero-order valence-electron chi connectivity index (χ0n) is 12.1. The van der Waals surface area contributed by atoms with Gasteiger partial charge in [0.25, 0.3) is 0 Å². The Balaban J connectivity index is 2.15. The number of benzene rings is 1. The van der Waals surface area contributed by atoms with Gasteiger partial charge >= 0.3 is 0 Å². The quantitative estimate of drug-likeness (QED) is 0.858. The van der Waals surface area contributed by atoms with Crippen molar-refractivity contribution in [2.45, 2.75) is 58.7 Å². The molecule has 1 aliphatic rings. The van der Waals surface area contributed by atoms with E-state index in [4.69, 9.17) is 0 Å². The molecule has 2 atom stereocenters. The molecule has 2 rings (SSSR count). The molecule has 0 saturated carbocycles. The van der Waals surface area contributed by atoms with Gasteiger partial charge in [-0.25, -0.2) is 0 Å². The summed E-state index contributed by atoms with van der Waals surface area (Å²) in [5, 5.41) is 3.58. The van der Waals surface area contributed by atoms with Gasteiger partial charge in [0.1, 0.15) is 0 Å². The van der Waals surface area contributed by atoms with Crippen LogP contribution in [0.5, 0.6) is 0 Å².